The van der Waals surface area contributed by atoms with Gasteiger partial charge in [-0.05, 0) is 32.3 Å². The first-order chi connectivity index (χ1) is 9.03. The normalized spacial score (nSPS) is 22.1. The summed E-state index contributed by atoms with van der Waals surface area (Å²) in [5.41, 5.74) is -0.166. The Bertz CT molecular complexity index is 395. The molecule has 1 fully saturated rings. The second-order valence-electron chi connectivity index (χ2n) is 6.01. The lowest BCUT2D eigenvalue weighted by Crippen LogP contribution is -2.40. The van der Waals surface area contributed by atoms with Crippen molar-refractivity contribution in [2.45, 2.75) is 76.5 Å². The lowest BCUT2D eigenvalue weighted by atomic mass is 9.93. The second kappa shape index (κ2) is 6.06. The molecule has 2 N–H and O–H groups in total. The highest BCUT2D eigenvalue weighted by Crippen LogP contribution is 2.27. The van der Waals surface area contributed by atoms with Gasteiger partial charge < -0.3 is 10.2 Å². The van der Waals surface area contributed by atoms with Crippen LogP contribution in [-0.2, 0) is 6.42 Å². The van der Waals surface area contributed by atoms with Crippen LogP contribution in [0.4, 0.5) is 0 Å². The summed E-state index contributed by atoms with van der Waals surface area (Å²) in [7, 11) is 0. The maximum Gasteiger partial charge on any atom is 0.0880 e. The molecule has 0 spiro atoms. The first-order valence-corrected chi connectivity index (χ1v) is 7.47. The van der Waals surface area contributed by atoms with Gasteiger partial charge in [0.25, 0.3) is 0 Å². The van der Waals surface area contributed by atoms with Crippen molar-refractivity contribution in [2.24, 2.45) is 0 Å². The van der Waals surface area contributed by atoms with Crippen molar-refractivity contribution in [3.05, 3.63) is 18.0 Å². The minimum absolute atomic E-state index is 0.417. The molecule has 2 rings (SSSR count). The fourth-order valence-corrected chi connectivity index (χ4v) is 2.69. The van der Waals surface area contributed by atoms with Crippen LogP contribution < -0.4 is 0 Å². The lowest BCUT2D eigenvalue weighted by molar-refractivity contribution is -0.0634. The van der Waals surface area contributed by atoms with E-state index in [1.807, 2.05) is 23.9 Å². The Morgan fingerprint density at radius 3 is 2.74 bits per heavy atom. The molecule has 19 heavy (non-hydrogen) atoms. The molecular weight excluding hydrogens is 240 g/mol. The van der Waals surface area contributed by atoms with Gasteiger partial charge in [-0.15, -0.1) is 0 Å². The monoisotopic (exact) mass is 266 g/mol. The summed E-state index contributed by atoms with van der Waals surface area (Å²) in [5, 5.41) is 24.6. The largest absolute Gasteiger partial charge is 0.390 e. The molecule has 1 aliphatic rings. The number of aliphatic hydroxyl groups is 2. The molecule has 1 saturated carbocycles. The summed E-state index contributed by atoms with van der Waals surface area (Å²) in [6.45, 7) is 3.56. The number of rotatable bonds is 5. The van der Waals surface area contributed by atoms with Crippen LogP contribution in [0.3, 0.4) is 0 Å². The van der Waals surface area contributed by atoms with Crippen molar-refractivity contribution in [1.82, 2.24) is 9.78 Å². The summed E-state index contributed by atoms with van der Waals surface area (Å²) >= 11 is 0. The number of aromatic nitrogens is 2. The van der Waals surface area contributed by atoms with Crippen LogP contribution in [0.5, 0.6) is 0 Å². The molecule has 0 bridgehead atoms. The smallest absolute Gasteiger partial charge is 0.0880 e. The Labute approximate surface area is 115 Å². The highest BCUT2D eigenvalue weighted by molar-refractivity contribution is 5.03. The van der Waals surface area contributed by atoms with Crippen LogP contribution in [-0.4, -0.2) is 31.7 Å². The van der Waals surface area contributed by atoms with E-state index < -0.39 is 11.7 Å². The topological polar surface area (TPSA) is 58.3 Å². The standard InChI is InChI=1S/C15H26N2O2/c1-3-15(2,19)14(18)11-12-9-10-17(16-12)13-7-5-4-6-8-13/h9-10,13-14,18-19H,3-8,11H2,1-2H3. The van der Waals surface area contributed by atoms with Gasteiger partial charge in [-0.25, -0.2) is 0 Å². The van der Waals surface area contributed by atoms with Crippen LogP contribution in [0.25, 0.3) is 0 Å². The molecule has 2 unspecified atom stereocenters. The number of nitrogens with zero attached hydrogens (tertiary/aromatic N) is 2. The molecule has 0 aromatic carbocycles. The van der Waals surface area contributed by atoms with E-state index in [1.165, 1.54) is 32.1 Å². The second-order valence-corrected chi connectivity index (χ2v) is 6.01. The zero-order valence-electron chi connectivity index (χ0n) is 12.0. The molecule has 4 nitrogen and oxygen atoms in total. The minimum atomic E-state index is -1.03. The minimum Gasteiger partial charge on any atom is -0.390 e. The van der Waals surface area contributed by atoms with E-state index in [1.54, 1.807) is 6.92 Å². The summed E-state index contributed by atoms with van der Waals surface area (Å²) in [6, 6.07) is 2.48. The zero-order valence-corrected chi connectivity index (χ0v) is 12.0. The Morgan fingerprint density at radius 2 is 2.11 bits per heavy atom. The van der Waals surface area contributed by atoms with Crippen molar-refractivity contribution in [1.29, 1.82) is 0 Å². The van der Waals surface area contributed by atoms with Gasteiger partial charge in [0.15, 0.2) is 0 Å². The van der Waals surface area contributed by atoms with Gasteiger partial charge in [0.1, 0.15) is 0 Å². The third kappa shape index (κ3) is 3.57. The number of hydrogen-bond donors (Lipinski definition) is 2. The predicted molar refractivity (Wildman–Crippen MR) is 75.0 cm³/mol. The van der Waals surface area contributed by atoms with Gasteiger partial charge in [-0.1, -0.05) is 26.2 Å². The molecule has 1 aromatic heterocycles. The van der Waals surface area contributed by atoms with Gasteiger partial charge in [0.05, 0.1) is 23.4 Å². The molecule has 0 saturated heterocycles. The first-order valence-electron chi connectivity index (χ1n) is 7.47. The summed E-state index contributed by atoms with van der Waals surface area (Å²) in [6.07, 6.45) is 8.53. The molecule has 0 radical (unpaired) electrons. The highest BCUT2D eigenvalue weighted by Gasteiger charge is 2.29. The number of hydrogen-bond acceptors (Lipinski definition) is 3. The molecular formula is C15H26N2O2. The maximum atomic E-state index is 10.1. The van der Waals surface area contributed by atoms with E-state index in [9.17, 15) is 10.2 Å². The average Bonchev–Trinajstić information content (AvgIpc) is 2.88. The van der Waals surface area contributed by atoms with Gasteiger partial charge in [0.2, 0.25) is 0 Å². The molecule has 1 aliphatic carbocycles. The Hall–Kier alpha value is -0.870. The quantitative estimate of drug-likeness (QED) is 0.860. The zero-order chi connectivity index (χ0) is 13.9. The van der Waals surface area contributed by atoms with Crippen LogP contribution in [0.1, 0.15) is 64.1 Å². The summed E-state index contributed by atoms with van der Waals surface area (Å²) in [5.74, 6) is 0. The molecule has 4 heteroatoms. The van der Waals surface area contributed by atoms with Gasteiger partial charge in [-0.2, -0.15) is 5.10 Å². The van der Waals surface area contributed by atoms with E-state index in [2.05, 4.69) is 5.10 Å². The third-order valence-electron chi connectivity index (χ3n) is 4.45. The van der Waals surface area contributed by atoms with Crippen LogP contribution in [0.15, 0.2) is 12.3 Å². The van der Waals surface area contributed by atoms with E-state index in [0.29, 0.717) is 18.9 Å². The van der Waals surface area contributed by atoms with Crippen LogP contribution >= 0.6 is 0 Å². The molecule has 0 amide bonds. The van der Waals surface area contributed by atoms with E-state index in [4.69, 9.17) is 0 Å². The fourth-order valence-electron chi connectivity index (χ4n) is 2.69. The van der Waals surface area contributed by atoms with Crippen molar-refractivity contribution >= 4 is 0 Å². The summed E-state index contributed by atoms with van der Waals surface area (Å²) < 4.78 is 2.04. The third-order valence-corrected chi connectivity index (χ3v) is 4.45. The van der Waals surface area contributed by atoms with Gasteiger partial charge in [-0.3, -0.25) is 4.68 Å². The molecule has 108 valence electrons. The van der Waals surface area contributed by atoms with Crippen molar-refractivity contribution < 1.29 is 10.2 Å². The Kier molecular flexibility index (Phi) is 4.63. The molecule has 1 aromatic rings. The average molecular weight is 266 g/mol. The van der Waals surface area contributed by atoms with Crippen molar-refractivity contribution in [3.8, 4) is 0 Å². The maximum absolute atomic E-state index is 10.1. The molecule has 0 aliphatic heterocycles. The predicted octanol–water partition coefficient (Wildman–Crippen LogP) is 2.45. The van der Waals surface area contributed by atoms with Gasteiger partial charge in [0, 0.05) is 12.6 Å². The molecule has 1 heterocycles. The Morgan fingerprint density at radius 1 is 1.42 bits per heavy atom. The van der Waals surface area contributed by atoms with Crippen LogP contribution in [0, 0.1) is 0 Å². The van der Waals surface area contributed by atoms with E-state index in [0.717, 1.165) is 5.69 Å². The Balaban J connectivity index is 1.97. The van der Waals surface area contributed by atoms with Crippen LogP contribution in [0.2, 0.25) is 0 Å². The molecule has 2 atom stereocenters. The number of aliphatic hydroxyl groups excluding tert-OH is 1. The fraction of sp³-hybridized carbons (Fsp3) is 0.800. The van der Waals surface area contributed by atoms with E-state index >= 15 is 0 Å². The summed E-state index contributed by atoms with van der Waals surface area (Å²) in [4.78, 5) is 0. The van der Waals surface area contributed by atoms with E-state index in [-0.39, 0.29) is 0 Å². The SMILES string of the molecule is CCC(C)(O)C(O)Cc1ccn(C2CCCCC2)n1. The highest BCUT2D eigenvalue weighted by atomic mass is 16.3. The van der Waals surface area contributed by atoms with Gasteiger partial charge >= 0.3 is 0 Å². The lowest BCUT2D eigenvalue weighted by Gasteiger charge is -2.27. The first kappa shape index (κ1) is 14.5. The van der Waals surface area contributed by atoms with Crippen molar-refractivity contribution in [2.75, 3.05) is 0 Å². The van der Waals surface area contributed by atoms with Crippen molar-refractivity contribution in [3.63, 3.8) is 0 Å².